The molecule has 0 saturated carbocycles. The minimum atomic E-state index is -1.52. The Balaban J connectivity index is -0.000000304. The number of aromatic carboxylic acids is 2. The third-order valence-electron chi connectivity index (χ3n) is 1.37. The van der Waals surface area contributed by atoms with E-state index in [2.05, 4.69) is 0 Å². The van der Waals surface area contributed by atoms with Crippen molar-refractivity contribution in [3.8, 4) is 0 Å². The second-order valence-electron chi connectivity index (χ2n) is 3.16. The van der Waals surface area contributed by atoms with Gasteiger partial charge in [0.1, 0.15) is 0 Å². The average molecular weight is 350 g/mol. The van der Waals surface area contributed by atoms with Gasteiger partial charge in [-0.1, -0.05) is 24.3 Å². The molecule has 0 bridgehead atoms. The zero-order valence-corrected chi connectivity index (χ0v) is 14.3. The number of benzene rings is 1. The maximum atomic E-state index is 10.3. The molecule has 0 saturated heterocycles. The van der Waals surface area contributed by atoms with E-state index in [1.165, 1.54) is 12.1 Å². The van der Waals surface area contributed by atoms with Gasteiger partial charge in [0.05, 0.1) is 11.9 Å². The smallest absolute Gasteiger partial charge is 0.545 e. The van der Waals surface area contributed by atoms with Crippen LogP contribution < -0.4 is 10.2 Å². The summed E-state index contributed by atoms with van der Waals surface area (Å²) in [6.07, 6.45) is 0. The monoisotopic (exact) mass is 348 g/mol. The standard InChI is InChI=1S/C8H6O4.2C2H4O2.Zn/c9-7(10)5-3-1-2-4-6(5)8(11)12;2*1-2(3)4;/h1-4H,(H,9,10)(H,11,12);2*1H3,(H,3,4);/q;;;+2/p-2. The van der Waals surface area contributed by atoms with E-state index in [0.717, 1.165) is 26.0 Å². The summed E-state index contributed by atoms with van der Waals surface area (Å²) >= 11 is 0. The molecule has 1 rings (SSSR count). The number of carboxylic acid groups (broad SMARTS) is 4. The molecule has 110 valence electrons. The van der Waals surface area contributed by atoms with Crippen LogP contribution in [0.25, 0.3) is 0 Å². The normalized spacial score (nSPS) is 7.71. The molecule has 0 unspecified atom stereocenters. The molecule has 0 amide bonds. The van der Waals surface area contributed by atoms with Crippen molar-refractivity contribution in [3.05, 3.63) is 35.4 Å². The molecule has 0 atom stereocenters. The Morgan fingerprint density at radius 3 is 1.14 bits per heavy atom. The summed E-state index contributed by atoms with van der Waals surface area (Å²) in [5, 5.41) is 35.5. The van der Waals surface area contributed by atoms with Gasteiger partial charge in [0.15, 0.2) is 0 Å². The van der Waals surface area contributed by atoms with Crippen LogP contribution in [-0.4, -0.2) is 34.1 Å². The topological polar surface area (TPSA) is 155 Å². The molecule has 0 aliphatic carbocycles. The fourth-order valence-corrected chi connectivity index (χ4v) is 0.839. The molecule has 9 heteroatoms. The van der Waals surface area contributed by atoms with Gasteiger partial charge in [0.25, 0.3) is 11.9 Å². The number of rotatable bonds is 2. The molecule has 8 nitrogen and oxygen atoms in total. The van der Waals surface area contributed by atoms with Crippen LogP contribution in [0, 0.1) is 0 Å². The number of carboxylic acids is 4. The Labute approximate surface area is 132 Å². The molecule has 2 N–H and O–H groups in total. The van der Waals surface area contributed by atoms with Crippen LogP contribution in [0.1, 0.15) is 34.6 Å². The number of hydrogen-bond acceptors (Lipinski definition) is 6. The summed E-state index contributed by atoms with van der Waals surface area (Å²) < 4.78 is 0. The zero-order chi connectivity index (χ0) is 16.3. The molecule has 0 aromatic heterocycles. The second-order valence-corrected chi connectivity index (χ2v) is 3.16. The first-order chi connectivity index (χ1) is 9.09. The van der Waals surface area contributed by atoms with E-state index >= 15 is 0 Å². The minimum absolute atomic E-state index is 0. The number of carbonyl (C=O) groups excluding carboxylic acids is 2. The van der Waals surface area contributed by atoms with Gasteiger partial charge in [0.2, 0.25) is 0 Å². The van der Waals surface area contributed by atoms with Crippen molar-refractivity contribution in [2.24, 2.45) is 0 Å². The quantitative estimate of drug-likeness (QED) is 0.617. The van der Waals surface area contributed by atoms with Gasteiger partial charge in [-0.05, 0) is 0 Å². The maximum Gasteiger partial charge on any atom is 2.00 e. The van der Waals surface area contributed by atoms with E-state index in [-0.39, 0.29) is 30.6 Å². The molecule has 0 heterocycles. The van der Waals surface area contributed by atoms with Crippen molar-refractivity contribution >= 4 is 23.9 Å². The Morgan fingerprint density at radius 1 is 0.810 bits per heavy atom. The largest absolute Gasteiger partial charge is 2.00 e. The molecule has 0 aliphatic heterocycles. The van der Waals surface area contributed by atoms with Crippen molar-refractivity contribution < 1.29 is 59.1 Å². The summed E-state index contributed by atoms with van der Waals surface area (Å²) in [4.78, 5) is 38.6. The van der Waals surface area contributed by atoms with Gasteiger partial charge in [-0.25, -0.2) is 0 Å². The van der Waals surface area contributed by atoms with E-state index in [9.17, 15) is 19.8 Å². The summed E-state index contributed by atoms with van der Waals surface area (Å²) in [7, 11) is 0. The minimum Gasteiger partial charge on any atom is -0.545 e. The average Bonchev–Trinajstić information content (AvgIpc) is 2.27. The van der Waals surface area contributed by atoms with Gasteiger partial charge >= 0.3 is 19.5 Å². The molecule has 0 spiro atoms. The SMILES string of the molecule is CC(=O)O.CC(=O)O.O=C([O-])c1ccccc1C(=O)[O-].[Zn+2]. The Bertz CT molecular complexity index is 445. The summed E-state index contributed by atoms with van der Waals surface area (Å²) in [5.74, 6) is -4.70. The maximum absolute atomic E-state index is 10.3. The van der Waals surface area contributed by atoms with Crippen LogP contribution in [0.4, 0.5) is 0 Å². The Hall–Kier alpha value is -2.28. The Morgan fingerprint density at radius 2 is 1.00 bits per heavy atom. The molecule has 1 aromatic rings. The van der Waals surface area contributed by atoms with Crippen molar-refractivity contribution in [3.63, 3.8) is 0 Å². The molecule has 21 heavy (non-hydrogen) atoms. The fourth-order valence-electron chi connectivity index (χ4n) is 0.839. The number of hydrogen-bond donors (Lipinski definition) is 2. The van der Waals surface area contributed by atoms with Crippen molar-refractivity contribution in [1.29, 1.82) is 0 Å². The van der Waals surface area contributed by atoms with E-state index in [0.29, 0.717) is 0 Å². The number of aliphatic carboxylic acids is 2. The van der Waals surface area contributed by atoms with Gasteiger partial charge in [-0.15, -0.1) is 0 Å². The molecule has 1 aromatic carbocycles. The van der Waals surface area contributed by atoms with E-state index in [1.807, 2.05) is 0 Å². The zero-order valence-electron chi connectivity index (χ0n) is 11.4. The van der Waals surface area contributed by atoms with E-state index in [1.54, 1.807) is 0 Å². The summed E-state index contributed by atoms with van der Waals surface area (Å²) in [5.41, 5.74) is -0.727. The van der Waals surface area contributed by atoms with Gasteiger partial charge in [0, 0.05) is 25.0 Å². The fraction of sp³-hybridized carbons (Fsp3) is 0.167. The van der Waals surface area contributed by atoms with Gasteiger partial charge in [-0.3, -0.25) is 9.59 Å². The molecule has 0 radical (unpaired) electrons. The molecule has 0 aliphatic rings. The predicted molar refractivity (Wildman–Crippen MR) is 61.7 cm³/mol. The van der Waals surface area contributed by atoms with Crippen molar-refractivity contribution in [2.75, 3.05) is 0 Å². The first-order valence-corrected chi connectivity index (χ1v) is 5.00. The summed E-state index contributed by atoms with van der Waals surface area (Å²) in [6.45, 7) is 2.17. The third kappa shape index (κ3) is 15.7. The van der Waals surface area contributed by atoms with E-state index < -0.39 is 23.9 Å². The van der Waals surface area contributed by atoms with Gasteiger partial charge in [-0.2, -0.15) is 0 Å². The summed E-state index contributed by atoms with van der Waals surface area (Å²) in [6, 6.07) is 5.14. The van der Waals surface area contributed by atoms with Crippen molar-refractivity contribution in [2.45, 2.75) is 13.8 Å². The van der Waals surface area contributed by atoms with E-state index in [4.69, 9.17) is 19.8 Å². The third-order valence-corrected chi connectivity index (χ3v) is 1.37. The first-order valence-electron chi connectivity index (χ1n) is 5.00. The van der Waals surface area contributed by atoms with Crippen LogP contribution in [0.5, 0.6) is 0 Å². The van der Waals surface area contributed by atoms with Gasteiger partial charge < -0.3 is 30.0 Å². The number of carbonyl (C=O) groups is 4. The predicted octanol–water partition coefficient (Wildman–Crippen LogP) is -1.41. The second kappa shape index (κ2) is 12.7. The molecule has 0 fully saturated rings. The van der Waals surface area contributed by atoms with Crippen LogP contribution >= 0.6 is 0 Å². The Kier molecular flexibility index (Phi) is 14.4. The first kappa shape index (κ1) is 23.8. The van der Waals surface area contributed by atoms with Crippen LogP contribution in [0.15, 0.2) is 24.3 Å². The van der Waals surface area contributed by atoms with Crippen LogP contribution in [0.2, 0.25) is 0 Å². The molecular formula is C12H12O8Zn. The van der Waals surface area contributed by atoms with Crippen LogP contribution in [0.3, 0.4) is 0 Å². The van der Waals surface area contributed by atoms with Crippen molar-refractivity contribution in [1.82, 2.24) is 0 Å². The molecular weight excluding hydrogens is 338 g/mol. The van der Waals surface area contributed by atoms with Crippen LogP contribution in [-0.2, 0) is 29.1 Å².